The smallest absolute Gasteiger partial charge is 0.330 e. The summed E-state index contributed by atoms with van der Waals surface area (Å²) in [4.78, 5) is 47.3. The minimum Gasteiger partial charge on any atom is -0.463 e. The zero-order valence-corrected chi connectivity index (χ0v) is 17.8. The molecule has 0 spiro atoms. The molecular formula is C24H24N2O6. The molecule has 0 saturated heterocycles. The van der Waals surface area contributed by atoms with E-state index < -0.39 is 23.8 Å². The van der Waals surface area contributed by atoms with Crippen molar-refractivity contribution in [1.82, 2.24) is 0 Å². The minimum absolute atomic E-state index is 0.213. The quantitative estimate of drug-likeness (QED) is 0.460. The predicted molar refractivity (Wildman–Crippen MR) is 121 cm³/mol. The van der Waals surface area contributed by atoms with E-state index in [-0.39, 0.29) is 13.2 Å². The van der Waals surface area contributed by atoms with Crippen molar-refractivity contribution in [3.63, 3.8) is 0 Å². The third-order valence-corrected chi connectivity index (χ3v) is 3.97. The first-order valence-corrected chi connectivity index (χ1v) is 9.94. The summed E-state index contributed by atoms with van der Waals surface area (Å²) in [5.41, 5.74) is 2.26. The second kappa shape index (κ2) is 12.5. The van der Waals surface area contributed by atoms with Gasteiger partial charge in [0.15, 0.2) is 0 Å². The monoisotopic (exact) mass is 436 g/mol. The number of esters is 2. The van der Waals surface area contributed by atoms with Gasteiger partial charge < -0.3 is 20.1 Å². The van der Waals surface area contributed by atoms with Gasteiger partial charge in [0.05, 0.1) is 13.2 Å². The Morgan fingerprint density at radius 3 is 1.41 bits per heavy atom. The number of hydrogen-bond acceptors (Lipinski definition) is 6. The Bertz CT molecular complexity index is 959. The van der Waals surface area contributed by atoms with Crippen LogP contribution in [0.15, 0.2) is 72.8 Å². The normalized spacial score (nSPS) is 10.7. The van der Waals surface area contributed by atoms with Crippen LogP contribution in [0.4, 0.5) is 11.4 Å². The van der Waals surface area contributed by atoms with E-state index in [4.69, 9.17) is 9.47 Å². The van der Waals surface area contributed by atoms with Crippen molar-refractivity contribution in [2.75, 3.05) is 23.8 Å². The maximum atomic E-state index is 12.2. The fraction of sp³-hybridized carbons (Fsp3) is 0.167. The lowest BCUT2D eigenvalue weighted by Crippen LogP contribution is -2.12. The van der Waals surface area contributed by atoms with Gasteiger partial charge in [-0.15, -0.1) is 0 Å². The Hall–Kier alpha value is -4.20. The second-order valence-electron chi connectivity index (χ2n) is 6.24. The summed E-state index contributed by atoms with van der Waals surface area (Å²) >= 11 is 0. The van der Waals surface area contributed by atoms with Crippen LogP contribution in [0.5, 0.6) is 0 Å². The third-order valence-electron chi connectivity index (χ3n) is 3.97. The van der Waals surface area contributed by atoms with Gasteiger partial charge in [-0.1, -0.05) is 36.4 Å². The van der Waals surface area contributed by atoms with E-state index in [1.54, 1.807) is 62.4 Å². The average Bonchev–Trinajstić information content (AvgIpc) is 2.78. The highest BCUT2D eigenvalue weighted by molar-refractivity contribution is 6.07. The Morgan fingerprint density at radius 1 is 0.656 bits per heavy atom. The molecule has 32 heavy (non-hydrogen) atoms. The van der Waals surface area contributed by atoms with Crippen molar-refractivity contribution in [2.24, 2.45) is 0 Å². The van der Waals surface area contributed by atoms with Crippen LogP contribution >= 0.6 is 0 Å². The van der Waals surface area contributed by atoms with Crippen LogP contribution in [-0.2, 0) is 28.7 Å². The summed E-state index contributed by atoms with van der Waals surface area (Å²) < 4.78 is 9.51. The molecule has 0 atom stereocenters. The van der Waals surface area contributed by atoms with Crippen LogP contribution in [0.25, 0.3) is 11.1 Å². The van der Waals surface area contributed by atoms with Crippen LogP contribution in [0.2, 0.25) is 0 Å². The van der Waals surface area contributed by atoms with E-state index in [9.17, 15) is 19.2 Å². The molecule has 2 amide bonds. The van der Waals surface area contributed by atoms with E-state index >= 15 is 0 Å². The van der Waals surface area contributed by atoms with Gasteiger partial charge in [-0.25, -0.2) is 9.59 Å². The second-order valence-corrected chi connectivity index (χ2v) is 6.24. The highest BCUT2D eigenvalue weighted by atomic mass is 16.5. The van der Waals surface area contributed by atoms with Crippen LogP contribution in [0, 0.1) is 0 Å². The number of ether oxygens (including phenoxy) is 2. The minimum atomic E-state index is -0.611. The van der Waals surface area contributed by atoms with Gasteiger partial charge in [-0.2, -0.15) is 0 Å². The number of amides is 2. The zero-order chi connectivity index (χ0) is 23.3. The number of rotatable bonds is 9. The molecule has 0 aliphatic rings. The number of hydrogen-bond donors (Lipinski definition) is 2. The van der Waals surface area contributed by atoms with E-state index in [0.717, 1.165) is 24.3 Å². The van der Waals surface area contributed by atoms with Crippen molar-refractivity contribution in [3.05, 3.63) is 72.8 Å². The number of nitrogens with one attached hydrogen (secondary N) is 2. The lowest BCUT2D eigenvalue weighted by molar-refractivity contribution is -0.138. The third kappa shape index (κ3) is 7.56. The fourth-order valence-corrected chi connectivity index (χ4v) is 2.67. The van der Waals surface area contributed by atoms with Crippen LogP contribution in [-0.4, -0.2) is 37.0 Å². The Kier molecular flexibility index (Phi) is 9.39. The molecule has 0 bridgehead atoms. The van der Waals surface area contributed by atoms with Gasteiger partial charge in [0.2, 0.25) is 11.8 Å². The topological polar surface area (TPSA) is 111 Å². The summed E-state index contributed by atoms with van der Waals surface area (Å²) in [5, 5.41) is 5.44. The molecular weight excluding hydrogens is 412 g/mol. The molecule has 2 aromatic rings. The van der Waals surface area contributed by atoms with E-state index in [0.29, 0.717) is 22.5 Å². The van der Waals surface area contributed by atoms with Crippen molar-refractivity contribution in [2.45, 2.75) is 13.8 Å². The van der Waals surface area contributed by atoms with Crippen molar-refractivity contribution >= 4 is 35.1 Å². The SMILES string of the molecule is CCOC(=O)/C=C/C(=O)Nc1ccccc1-c1ccccc1NC(=O)/C=C/C(=O)OCC. The van der Waals surface area contributed by atoms with Crippen molar-refractivity contribution in [3.8, 4) is 11.1 Å². The first-order valence-electron chi connectivity index (χ1n) is 9.94. The Balaban J connectivity index is 2.23. The van der Waals surface area contributed by atoms with Gasteiger partial charge in [0.25, 0.3) is 0 Å². The van der Waals surface area contributed by atoms with Crippen LogP contribution in [0.3, 0.4) is 0 Å². The van der Waals surface area contributed by atoms with E-state index in [1.165, 1.54) is 0 Å². The maximum absolute atomic E-state index is 12.2. The van der Waals surface area contributed by atoms with Gasteiger partial charge in [0.1, 0.15) is 0 Å². The first-order chi connectivity index (χ1) is 15.4. The number of carbonyl (C=O) groups is 4. The maximum Gasteiger partial charge on any atom is 0.330 e. The number of anilines is 2. The molecule has 8 nitrogen and oxygen atoms in total. The molecule has 2 rings (SSSR count). The van der Waals surface area contributed by atoms with Crippen molar-refractivity contribution < 1.29 is 28.7 Å². The number of para-hydroxylation sites is 2. The molecule has 166 valence electrons. The molecule has 0 aliphatic carbocycles. The van der Waals surface area contributed by atoms with Crippen LogP contribution < -0.4 is 10.6 Å². The molecule has 0 heterocycles. The Morgan fingerprint density at radius 2 is 1.03 bits per heavy atom. The summed E-state index contributed by atoms with van der Waals surface area (Å²) in [7, 11) is 0. The summed E-state index contributed by atoms with van der Waals surface area (Å²) in [6.07, 6.45) is 4.27. The molecule has 0 saturated carbocycles. The van der Waals surface area contributed by atoms with E-state index in [1.807, 2.05) is 0 Å². The predicted octanol–water partition coefficient (Wildman–Crippen LogP) is 3.47. The van der Waals surface area contributed by atoms with Crippen molar-refractivity contribution in [1.29, 1.82) is 0 Å². The average molecular weight is 436 g/mol. The molecule has 0 radical (unpaired) electrons. The first kappa shape index (κ1) is 24.1. The number of benzene rings is 2. The lowest BCUT2D eigenvalue weighted by Gasteiger charge is -2.14. The fourth-order valence-electron chi connectivity index (χ4n) is 2.67. The zero-order valence-electron chi connectivity index (χ0n) is 17.8. The molecule has 0 aliphatic heterocycles. The largest absolute Gasteiger partial charge is 0.463 e. The molecule has 2 N–H and O–H groups in total. The van der Waals surface area contributed by atoms with Gasteiger partial charge in [0, 0.05) is 46.8 Å². The highest BCUT2D eigenvalue weighted by Crippen LogP contribution is 2.33. The highest BCUT2D eigenvalue weighted by Gasteiger charge is 2.12. The Labute approximate surface area is 185 Å². The number of carbonyl (C=O) groups excluding carboxylic acids is 4. The van der Waals surface area contributed by atoms with Crippen LogP contribution in [0.1, 0.15) is 13.8 Å². The standard InChI is InChI=1S/C24H24N2O6/c1-3-31-23(29)15-13-21(27)25-19-11-7-5-9-17(19)18-10-6-8-12-20(18)26-22(28)14-16-24(30)32-4-2/h5-16H,3-4H2,1-2H3,(H,25,27)(H,26,28)/b15-13+,16-14+. The molecule has 2 aromatic carbocycles. The molecule has 0 aromatic heterocycles. The lowest BCUT2D eigenvalue weighted by atomic mass is 10.0. The summed E-state index contributed by atoms with van der Waals surface area (Å²) in [6.45, 7) is 3.77. The molecule has 8 heteroatoms. The summed E-state index contributed by atoms with van der Waals surface area (Å²) in [6, 6.07) is 14.0. The van der Waals surface area contributed by atoms with Gasteiger partial charge in [-0.05, 0) is 26.0 Å². The van der Waals surface area contributed by atoms with Gasteiger partial charge in [-0.3, -0.25) is 9.59 Å². The molecule has 0 fully saturated rings. The molecule has 0 unspecified atom stereocenters. The van der Waals surface area contributed by atoms with Gasteiger partial charge >= 0.3 is 11.9 Å². The summed E-state index contributed by atoms with van der Waals surface area (Å²) in [5.74, 6) is -2.24. The van der Waals surface area contributed by atoms with E-state index in [2.05, 4.69) is 10.6 Å².